The molecule has 11 heteroatoms. The van der Waals surface area contributed by atoms with Crippen LogP contribution in [0.5, 0.6) is 11.5 Å². The molecule has 10 nitrogen and oxygen atoms in total. The third-order valence-corrected chi connectivity index (χ3v) is 8.17. The summed E-state index contributed by atoms with van der Waals surface area (Å²) in [5.41, 5.74) is 2.90. The Morgan fingerprint density at radius 2 is 1.63 bits per heavy atom. The van der Waals surface area contributed by atoms with Crippen LogP contribution in [0.1, 0.15) is 48.5 Å². The van der Waals surface area contributed by atoms with Crippen molar-refractivity contribution < 1.29 is 28.6 Å². The molecular formula is C32H39ClN4O6. The number of ether oxygens (including phenoxy) is 3. The van der Waals surface area contributed by atoms with Crippen LogP contribution in [0.4, 0.5) is 5.69 Å². The van der Waals surface area contributed by atoms with E-state index in [2.05, 4.69) is 22.4 Å². The van der Waals surface area contributed by atoms with Crippen molar-refractivity contribution in [2.45, 2.75) is 38.6 Å². The quantitative estimate of drug-likeness (QED) is 0.328. The van der Waals surface area contributed by atoms with E-state index in [4.69, 9.17) is 19.3 Å². The summed E-state index contributed by atoms with van der Waals surface area (Å²) in [6, 6.07) is 12.4. The predicted molar refractivity (Wildman–Crippen MR) is 166 cm³/mol. The number of carbonyl (C=O) groups is 3. The molecule has 1 fully saturated rings. The van der Waals surface area contributed by atoms with E-state index in [1.165, 1.54) is 0 Å². The van der Waals surface area contributed by atoms with E-state index in [0.29, 0.717) is 48.9 Å². The normalized spacial score (nSPS) is 20.4. The molecule has 1 saturated heterocycles. The Morgan fingerprint density at radius 3 is 2.28 bits per heavy atom. The summed E-state index contributed by atoms with van der Waals surface area (Å²) in [4.78, 5) is 40.3. The standard InChI is InChI=1S/C32H38N4O6.ClH/c1-4-42-32(39)21-9-12-23(13-10-21)33-29(37)20-35-17-15-24(16-18-35)36-31(38)26-8-6-5-7-25(26)30(34-36)22-11-14-27(40-2)28(19-22)41-3;/h5-6,9-14,19,24-26H,4,7-8,15-18,20H2,1-3H3,(H,33,37);1H/t25-,26+;/m0./s1. The number of halogens is 1. The molecule has 2 atom stereocenters. The van der Waals surface area contributed by atoms with E-state index >= 15 is 0 Å². The second-order valence-corrected chi connectivity index (χ2v) is 10.7. The number of rotatable bonds is 9. The van der Waals surface area contributed by atoms with Crippen molar-refractivity contribution in [1.29, 1.82) is 0 Å². The second kappa shape index (κ2) is 14.5. The Bertz CT molecular complexity index is 1370. The van der Waals surface area contributed by atoms with Crippen LogP contribution in [0.3, 0.4) is 0 Å². The van der Waals surface area contributed by atoms with E-state index in [9.17, 15) is 14.4 Å². The van der Waals surface area contributed by atoms with Gasteiger partial charge in [-0.3, -0.25) is 14.5 Å². The molecule has 0 saturated carbocycles. The summed E-state index contributed by atoms with van der Waals surface area (Å²) >= 11 is 0. The lowest BCUT2D eigenvalue weighted by atomic mass is 9.76. The predicted octanol–water partition coefficient (Wildman–Crippen LogP) is 4.53. The Balaban J connectivity index is 0.00000423. The Kier molecular flexibility index (Phi) is 10.8. The van der Waals surface area contributed by atoms with Gasteiger partial charge in [-0.2, -0.15) is 5.10 Å². The highest BCUT2D eigenvalue weighted by Gasteiger charge is 2.43. The maximum atomic E-state index is 13.7. The van der Waals surface area contributed by atoms with Crippen LogP contribution in [0.15, 0.2) is 59.7 Å². The molecule has 43 heavy (non-hydrogen) atoms. The number of benzene rings is 2. The van der Waals surface area contributed by atoms with E-state index in [0.717, 1.165) is 30.5 Å². The van der Waals surface area contributed by atoms with Crippen LogP contribution in [-0.4, -0.2) is 79.9 Å². The van der Waals surface area contributed by atoms with Gasteiger partial charge in [-0.1, -0.05) is 12.2 Å². The van der Waals surface area contributed by atoms with Gasteiger partial charge in [0.05, 0.1) is 50.6 Å². The first-order chi connectivity index (χ1) is 20.4. The molecule has 0 radical (unpaired) electrons. The van der Waals surface area contributed by atoms with Crippen molar-refractivity contribution in [1.82, 2.24) is 9.91 Å². The van der Waals surface area contributed by atoms with Crippen LogP contribution in [0, 0.1) is 11.8 Å². The SMILES string of the molecule is CCOC(=O)c1ccc(NC(=O)CN2CCC(N3N=C(c4ccc(OC)c(OC)c4)[C@H]4CC=CC[C@H]4C3=O)CC2)cc1.Cl. The third kappa shape index (κ3) is 7.19. The average molecular weight is 611 g/mol. The van der Waals surface area contributed by atoms with Gasteiger partial charge in [0, 0.05) is 30.3 Å². The zero-order chi connectivity index (χ0) is 29.6. The molecule has 230 valence electrons. The second-order valence-electron chi connectivity index (χ2n) is 10.7. The average Bonchev–Trinajstić information content (AvgIpc) is 3.02. The lowest BCUT2D eigenvalue weighted by molar-refractivity contribution is -0.141. The number of hydrogen-bond acceptors (Lipinski definition) is 8. The topological polar surface area (TPSA) is 110 Å². The van der Waals surface area contributed by atoms with Crippen LogP contribution in [0.2, 0.25) is 0 Å². The minimum Gasteiger partial charge on any atom is -0.493 e. The smallest absolute Gasteiger partial charge is 0.338 e. The molecule has 3 aliphatic rings. The van der Waals surface area contributed by atoms with Crippen molar-refractivity contribution >= 4 is 41.6 Å². The molecule has 2 aliphatic heterocycles. The number of amides is 2. The molecule has 0 bridgehead atoms. The number of carbonyl (C=O) groups excluding carboxylic acids is 3. The number of anilines is 1. The number of esters is 1. The number of fused-ring (bicyclic) bond motifs is 1. The Labute approximate surface area is 258 Å². The number of nitrogens with zero attached hydrogens (tertiary/aromatic N) is 3. The largest absolute Gasteiger partial charge is 0.493 e. The van der Waals surface area contributed by atoms with E-state index in [1.54, 1.807) is 50.4 Å². The molecule has 2 aromatic rings. The summed E-state index contributed by atoms with van der Waals surface area (Å²) in [7, 11) is 3.22. The maximum absolute atomic E-state index is 13.7. The molecule has 5 rings (SSSR count). The molecular weight excluding hydrogens is 572 g/mol. The molecule has 2 heterocycles. The molecule has 2 amide bonds. The number of methoxy groups -OCH3 is 2. The summed E-state index contributed by atoms with van der Waals surface area (Å²) < 4.78 is 16.0. The minimum absolute atomic E-state index is 0. The van der Waals surface area contributed by atoms with Crippen molar-refractivity contribution in [3.8, 4) is 11.5 Å². The third-order valence-electron chi connectivity index (χ3n) is 8.17. The molecule has 1 aliphatic carbocycles. The zero-order valence-electron chi connectivity index (χ0n) is 24.8. The van der Waals surface area contributed by atoms with Crippen LogP contribution < -0.4 is 14.8 Å². The Morgan fingerprint density at radius 1 is 0.953 bits per heavy atom. The number of allylic oxidation sites excluding steroid dienone is 2. The number of piperidine rings is 1. The molecule has 0 spiro atoms. The summed E-state index contributed by atoms with van der Waals surface area (Å²) in [6.07, 6.45) is 7.16. The van der Waals surface area contributed by atoms with Gasteiger partial charge < -0.3 is 19.5 Å². The summed E-state index contributed by atoms with van der Waals surface area (Å²) in [5.74, 6) is 0.720. The van der Waals surface area contributed by atoms with Crippen molar-refractivity contribution in [2.75, 3.05) is 45.8 Å². The van der Waals surface area contributed by atoms with Gasteiger partial charge in [-0.25, -0.2) is 9.80 Å². The first kappa shape index (κ1) is 32.0. The van der Waals surface area contributed by atoms with Gasteiger partial charge in [0.15, 0.2) is 11.5 Å². The minimum atomic E-state index is -0.388. The fourth-order valence-electron chi connectivity index (χ4n) is 5.96. The van der Waals surface area contributed by atoms with Gasteiger partial charge in [0.25, 0.3) is 0 Å². The number of hydrogen-bond donors (Lipinski definition) is 1. The molecule has 1 N–H and O–H groups in total. The van der Waals surface area contributed by atoms with E-state index in [-0.39, 0.29) is 54.6 Å². The van der Waals surface area contributed by atoms with Crippen LogP contribution in [-0.2, 0) is 14.3 Å². The fraction of sp³-hybridized carbons (Fsp3) is 0.438. The fourth-order valence-corrected chi connectivity index (χ4v) is 5.96. The van der Waals surface area contributed by atoms with Gasteiger partial charge in [0.2, 0.25) is 11.8 Å². The van der Waals surface area contributed by atoms with Gasteiger partial charge in [0.1, 0.15) is 0 Å². The van der Waals surface area contributed by atoms with Gasteiger partial charge in [-0.15, -0.1) is 12.4 Å². The number of likely N-dealkylation sites (tertiary alicyclic amines) is 1. The monoisotopic (exact) mass is 610 g/mol. The van der Waals surface area contributed by atoms with Gasteiger partial charge in [-0.05, 0) is 75.1 Å². The highest BCUT2D eigenvalue weighted by molar-refractivity contribution is 6.07. The summed E-state index contributed by atoms with van der Waals surface area (Å²) in [6.45, 7) is 3.67. The number of hydrazone groups is 1. The van der Waals surface area contributed by atoms with Gasteiger partial charge >= 0.3 is 5.97 Å². The van der Waals surface area contributed by atoms with Crippen molar-refractivity contribution in [3.63, 3.8) is 0 Å². The first-order valence-corrected chi connectivity index (χ1v) is 14.5. The highest BCUT2D eigenvalue weighted by atomic mass is 35.5. The van der Waals surface area contributed by atoms with Crippen molar-refractivity contribution in [3.05, 3.63) is 65.7 Å². The highest BCUT2D eigenvalue weighted by Crippen LogP contribution is 2.38. The summed E-state index contributed by atoms with van der Waals surface area (Å²) in [5, 5.41) is 9.60. The van der Waals surface area contributed by atoms with E-state index < -0.39 is 0 Å². The maximum Gasteiger partial charge on any atom is 0.338 e. The lowest BCUT2D eigenvalue weighted by Gasteiger charge is -2.42. The van der Waals surface area contributed by atoms with Crippen LogP contribution in [0.25, 0.3) is 0 Å². The molecule has 0 unspecified atom stereocenters. The van der Waals surface area contributed by atoms with E-state index in [1.807, 2.05) is 18.2 Å². The van der Waals surface area contributed by atoms with Crippen molar-refractivity contribution in [2.24, 2.45) is 16.9 Å². The zero-order valence-corrected chi connectivity index (χ0v) is 25.6. The molecule has 0 aromatic heterocycles. The first-order valence-electron chi connectivity index (χ1n) is 14.5. The molecule has 2 aromatic carbocycles. The number of nitrogens with one attached hydrogen (secondary N) is 1. The Hall–Kier alpha value is -3.89. The van der Waals surface area contributed by atoms with Crippen LogP contribution >= 0.6 is 12.4 Å². The lowest BCUT2D eigenvalue weighted by Crippen LogP contribution is -2.52.